The average Bonchev–Trinajstić information content (AvgIpc) is 3.56. The number of aliphatic hydroxyl groups is 6. The number of aliphatic hydroxyl groups excluding tert-OH is 6. The summed E-state index contributed by atoms with van der Waals surface area (Å²) in [6.07, 6.45) is 36.4. The Hall–Kier alpha value is -3.78. The monoisotopic (exact) mass is 1090 g/mol. The van der Waals surface area contributed by atoms with E-state index in [1.807, 2.05) is 0 Å². The van der Waals surface area contributed by atoms with Crippen molar-refractivity contribution < 1.29 is 59.1 Å². The van der Waals surface area contributed by atoms with Crippen LogP contribution in [0.3, 0.4) is 0 Å². The van der Waals surface area contributed by atoms with E-state index < -0.39 is 0 Å². The van der Waals surface area contributed by atoms with Gasteiger partial charge in [-0.25, -0.2) is 0 Å². The molecule has 4 rings (SSSR count). The van der Waals surface area contributed by atoms with Crippen molar-refractivity contribution in [3.8, 4) is 34.5 Å². The molecule has 0 amide bonds. The Kier molecular flexibility index (Phi) is 38.4. The second kappa shape index (κ2) is 44.9. The van der Waals surface area contributed by atoms with Gasteiger partial charge in [-0.3, -0.25) is 0 Å². The molecule has 0 aliphatic carbocycles. The molecular formula is C66H108O12. The predicted molar refractivity (Wildman–Crippen MR) is 321 cm³/mol. The number of benzene rings is 4. The fourth-order valence-corrected chi connectivity index (χ4v) is 10.3. The van der Waals surface area contributed by atoms with Crippen molar-refractivity contribution in [2.75, 3.05) is 79.3 Å². The Labute approximate surface area is 470 Å². The van der Waals surface area contributed by atoms with Crippen LogP contribution in [0.25, 0.3) is 32.3 Å². The van der Waals surface area contributed by atoms with Gasteiger partial charge in [0, 0.05) is 39.6 Å². The fraction of sp³-hybridized carbons (Fsp3) is 0.727. The standard InChI is InChI=1S/C66H108O12/c67-37-25-13-1-7-19-31-43-73-61-49-55-56(50-62(61)74-44-32-20-8-2-14-26-38-68)58-52-64(76-46-34-22-10-4-16-28-40-70)66(78-48-36-24-12-6-18-30-42-72)54-60(58)59-53-65(77-47-35-23-11-5-17-29-41-71)63(51-57(55)59)75-45-33-21-9-3-15-27-39-69/h49-54,67-72H,1-48H2. The van der Waals surface area contributed by atoms with Gasteiger partial charge in [-0.2, -0.15) is 0 Å². The average molecular weight is 1090 g/mol. The molecule has 0 fully saturated rings. The summed E-state index contributed by atoms with van der Waals surface area (Å²) in [5, 5.41) is 61.9. The van der Waals surface area contributed by atoms with Crippen molar-refractivity contribution in [3.63, 3.8) is 0 Å². The van der Waals surface area contributed by atoms with E-state index in [4.69, 9.17) is 28.4 Å². The summed E-state index contributed by atoms with van der Waals surface area (Å²) in [5.41, 5.74) is 0. The van der Waals surface area contributed by atoms with Crippen LogP contribution in [-0.2, 0) is 0 Å². The first kappa shape index (κ1) is 66.7. The quantitative estimate of drug-likeness (QED) is 0.0183. The summed E-state index contributed by atoms with van der Waals surface area (Å²) in [7, 11) is 0. The molecule has 444 valence electrons. The van der Waals surface area contributed by atoms with Crippen LogP contribution in [0.4, 0.5) is 0 Å². The smallest absolute Gasteiger partial charge is 0.161 e. The van der Waals surface area contributed by atoms with Crippen LogP contribution >= 0.6 is 0 Å². The topological polar surface area (TPSA) is 177 Å². The molecule has 12 nitrogen and oxygen atoms in total. The maximum absolute atomic E-state index is 9.28. The summed E-state index contributed by atoms with van der Waals surface area (Å²) < 4.78 is 40.5. The number of unbranched alkanes of at least 4 members (excludes halogenated alkanes) is 30. The summed E-state index contributed by atoms with van der Waals surface area (Å²) >= 11 is 0. The fourth-order valence-electron chi connectivity index (χ4n) is 10.3. The van der Waals surface area contributed by atoms with Gasteiger partial charge in [-0.1, -0.05) is 154 Å². The lowest BCUT2D eigenvalue weighted by Crippen LogP contribution is -2.05. The molecule has 78 heavy (non-hydrogen) atoms. The van der Waals surface area contributed by atoms with E-state index in [9.17, 15) is 30.6 Å². The molecule has 4 aromatic rings. The number of fused-ring (bicyclic) bond motifs is 6. The molecule has 0 aliphatic heterocycles. The van der Waals surface area contributed by atoms with Crippen LogP contribution < -0.4 is 28.4 Å². The molecule has 12 heteroatoms. The Morgan fingerprint density at radius 1 is 0.167 bits per heavy atom. The molecule has 0 saturated carbocycles. The van der Waals surface area contributed by atoms with Gasteiger partial charge in [-0.05, 0) is 146 Å². The van der Waals surface area contributed by atoms with Crippen LogP contribution in [0.15, 0.2) is 36.4 Å². The molecule has 0 heterocycles. The van der Waals surface area contributed by atoms with Crippen LogP contribution in [0.1, 0.15) is 231 Å². The summed E-state index contributed by atoms with van der Waals surface area (Å²) in [5.74, 6) is 4.34. The highest BCUT2D eigenvalue weighted by molar-refractivity contribution is 6.26. The molecule has 0 unspecified atom stereocenters. The van der Waals surface area contributed by atoms with E-state index in [0.29, 0.717) is 39.6 Å². The van der Waals surface area contributed by atoms with Crippen molar-refractivity contribution >= 4 is 32.3 Å². The highest BCUT2D eigenvalue weighted by Gasteiger charge is 2.21. The molecule has 0 atom stereocenters. The summed E-state index contributed by atoms with van der Waals surface area (Å²) in [6, 6.07) is 13.1. The third-order valence-corrected chi connectivity index (χ3v) is 15.0. The van der Waals surface area contributed by atoms with Gasteiger partial charge in [0.25, 0.3) is 0 Å². The van der Waals surface area contributed by atoms with Gasteiger partial charge in [0.15, 0.2) is 34.5 Å². The van der Waals surface area contributed by atoms with Gasteiger partial charge in [0.2, 0.25) is 0 Å². The van der Waals surface area contributed by atoms with E-state index in [1.54, 1.807) is 0 Å². The molecule has 0 spiro atoms. The maximum Gasteiger partial charge on any atom is 0.161 e. The molecule has 0 aromatic heterocycles. The number of rotatable bonds is 54. The number of hydrogen-bond acceptors (Lipinski definition) is 12. The molecule has 0 bridgehead atoms. The predicted octanol–water partition coefficient (Wildman–Crippen LogP) is 15.4. The van der Waals surface area contributed by atoms with Crippen molar-refractivity contribution in [2.24, 2.45) is 0 Å². The lowest BCUT2D eigenvalue weighted by Gasteiger charge is -2.21. The van der Waals surface area contributed by atoms with Crippen molar-refractivity contribution in [3.05, 3.63) is 36.4 Å². The van der Waals surface area contributed by atoms with Gasteiger partial charge in [0.05, 0.1) is 39.6 Å². The van der Waals surface area contributed by atoms with Gasteiger partial charge in [-0.15, -0.1) is 0 Å². The van der Waals surface area contributed by atoms with Crippen LogP contribution in [0, 0.1) is 0 Å². The van der Waals surface area contributed by atoms with Gasteiger partial charge in [0.1, 0.15) is 0 Å². The first-order valence-corrected chi connectivity index (χ1v) is 31.6. The van der Waals surface area contributed by atoms with Gasteiger partial charge < -0.3 is 59.1 Å². The van der Waals surface area contributed by atoms with E-state index >= 15 is 0 Å². The normalized spacial score (nSPS) is 11.6. The summed E-state index contributed by atoms with van der Waals surface area (Å²) in [4.78, 5) is 0. The van der Waals surface area contributed by atoms with Crippen LogP contribution in [-0.4, -0.2) is 110 Å². The lowest BCUT2D eigenvalue weighted by atomic mass is 9.93. The minimum Gasteiger partial charge on any atom is -0.490 e. The third kappa shape index (κ3) is 27.1. The first-order valence-electron chi connectivity index (χ1n) is 31.6. The molecule has 0 aliphatic rings. The zero-order valence-electron chi connectivity index (χ0n) is 48.5. The molecular weight excluding hydrogens is 985 g/mol. The second-order valence-corrected chi connectivity index (χ2v) is 21.7. The van der Waals surface area contributed by atoms with Crippen LogP contribution in [0.5, 0.6) is 34.5 Å². The molecule has 0 radical (unpaired) electrons. The molecule has 4 aromatic carbocycles. The molecule has 6 N–H and O–H groups in total. The van der Waals surface area contributed by atoms with Crippen molar-refractivity contribution in [1.82, 2.24) is 0 Å². The van der Waals surface area contributed by atoms with E-state index in [-0.39, 0.29) is 39.6 Å². The summed E-state index contributed by atoms with van der Waals surface area (Å²) in [6.45, 7) is 4.85. The van der Waals surface area contributed by atoms with Crippen molar-refractivity contribution in [1.29, 1.82) is 0 Å². The Morgan fingerprint density at radius 3 is 0.410 bits per heavy atom. The highest BCUT2D eigenvalue weighted by atomic mass is 16.5. The maximum atomic E-state index is 9.28. The van der Waals surface area contributed by atoms with E-state index in [0.717, 1.165) is 298 Å². The number of ether oxygens (including phenoxy) is 6. The zero-order chi connectivity index (χ0) is 55.4. The zero-order valence-corrected chi connectivity index (χ0v) is 48.5. The minimum absolute atomic E-state index is 0.244. The van der Waals surface area contributed by atoms with E-state index in [2.05, 4.69) is 36.4 Å². The highest BCUT2D eigenvalue weighted by Crippen LogP contribution is 2.47. The molecule has 0 saturated heterocycles. The minimum atomic E-state index is 0.244. The SMILES string of the molecule is OCCCCCCCCOc1cc2c3cc(OCCCCCCCCO)c(OCCCCCCCCO)cc3c3cc(OCCCCCCCCO)c(OCCCCCCCCO)cc3c2cc1OCCCCCCCCO. The van der Waals surface area contributed by atoms with Crippen LogP contribution in [0.2, 0.25) is 0 Å². The lowest BCUT2D eigenvalue weighted by molar-refractivity contribution is 0.257. The first-order chi connectivity index (χ1) is 38.6. The largest absolute Gasteiger partial charge is 0.490 e. The van der Waals surface area contributed by atoms with E-state index in [1.165, 1.54) is 0 Å². The third-order valence-electron chi connectivity index (χ3n) is 15.0. The Morgan fingerprint density at radius 2 is 0.282 bits per heavy atom. The number of hydrogen-bond donors (Lipinski definition) is 6. The Bertz CT molecular complexity index is 1690. The second-order valence-electron chi connectivity index (χ2n) is 21.7. The Balaban J connectivity index is 1.85. The van der Waals surface area contributed by atoms with Crippen molar-refractivity contribution in [2.45, 2.75) is 231 Å². The van der Waals surface area contributed by atoms with Gasteiger partial charge >= 0.3 is 0 Å².